The molecule has 0 N–H and O–H groups in total. The molecule has 29 heavy (non-hydrogen) atoms. The molecule has 3 nitrogen and oxygen atoms in total. The lowest BCUT2D eigenvalue weighted by atomic mass is 10.0. The number of hydrogen-bond donors (Lipinski definition) is 0. The van der Waals surface area contributed by atoms with Crippen molar-refractivity contribution < 1.29 is 9.53 Å². The van der Waals surface area contributed by atoms with Gasteiger partial charge in [0, 0.05) is 11.1 Å². The Balaban J connectivity index is 1.94. The highest BCUT2D eigenvalue weighted by Gasteiger charge is 2.19. The van der Waals surface area contributed by atoms with Crippen molar-refractivity contribution in [2.24, 2.45) is 4.99 Å². The topological polar surface area (TPSA) is 38.7 Å². The Morgan fingerprint density at radius 1 is 0.862 bits per heavy atom. The van der Waals surface area contributed by atoms with Gasteiger partial charge in [0.05, 0.1) is 12.3 Å². The van der Waals surface area contributed by atoms with Gasteiger partial charge in [-0.25, -0.2) is 4.79 Å². The molecule has 0 aliphatic heterocycles. The molecule has 0 heterocycles. The fraction of sp³-hybridized carbons (Fsp3) is 0.154. The summed E-state index contributed by atoms with van der Waals surface area (Å²) in [5.74, 6) is -0.311. The van der Waals surface area contributed by atoms with Crippen molar-refractivity contribution in [2.45, 2.75) is 19.4 Å². The van der Waals surface area contributed by atoms with Crippen LogP contribution in [0.15, 0.2) is 102 Å². The summed E-state index contributed by atoms with van der Waals surface area (Å²) >= 11 is 0. The highest BCUT2D eigenvalue weighted by molar-refractivity contribution is 6.13. The third-order valence-corrected chi connectivity index (χ3v) is 4.41. The third kappa shape index (κ3) is 6.01. The molecule has 0 aromatic heterocycles. The molecule has 0 spiro atoms. The van der Waals surface area contributed by atoms with Gasteiger partial charge in [-0.2, -0.15) is 0 Å². The molecule has 0 fully saturated rings. The summed E-state index contributed by atoms with van der Waals surface area (Å²) < 4.78 is 5.30. The Morgan fingerprint density at radius 2 is 1.38 bits per heavy atom. The van der Waals surface area contributed by atoms with Crippen LogP contribution in [-0.2, 0) is 9.53 Å². The zero-order chi connectivity index (χ0) is 20.3. The Hall–Kier alpha value is -3.46. The molecule has 1 unspecified atom stereocenters. The lowest BCUT2D eigenvalue weighted by Gasteiger charge is -2.14. The summed E-state index contributed by atoms with van der Waals surface area (Å²) in [5.41, 5.74) is 3.82. The summed E-state index contributed by atoms with van der Waals surface area (Å²) in [6.07, 6.45) is 4.46. The lowest BCUT2D eigenvalue weighted by Crippen LogP contribution is -2.23. The van der Waals surface area contributed by atoms with Crippen LogP contribution in [0.25, 0.3) is 6.08 Å². The fourth-order valence-corrected chi connectivity index (χ4v) is 3.00. The van der Waals surface area contributed by atoms with Crippen LogP contribution >= 0.6 is 0 Å². The Labute approximate surface area is 172 Å². The summed E-state index contributed by atoms with van der Waals surface area (Å²) in [7, 11) is 0. The lowest BCUT2D eigenvalue weighted by molar-refractivity contribution is -0.144. The summed E-state index contributed by atoms with van der Waals surface area (Å²) in [6.45, 7) is 2.15. The van der Waals surface area contributed by atoms with Crippen LogP contribution in [0, 0.1) is 0 Å². The molecule has 0 saturated heterocycles. The van der Waals surface area contributed by atoms with Crippen LogP contribution in [-0.4, -0.2) is 24.3 Å². The summed E-state index contributed by atoms with van der Waals surface area (Å²) in [4.78, 5) is 17.5. The normalized spacial score (nSPS) is 11.8. The second kappa shape index (κ2) is 10.8. The van der Waals surface area contributed by atoms with Crippen LogP contribution in [0.4, 0.5) is 0 Å². The van der Waals surface area contributed by atoms with E-state index in [9.17, 15) is 4.79 Å². The van der Waals surface area contributed by atoms with Crippen molar-refractivity contribution in [3.8, 4) is 0 Å². The Kier molecular flexibility index (Phi) is 7.53. The maximum absolute atomic E-state index is 12.6. The SMILES string of the molecule is CCOC(=O)C(C/C=C/c1ccccc1)N=C(c1ccccc1)c1ccccc1. The quantitative estimate of drug-likeness (QED) is 0.377. The van der Waals surface area contributed by atoms with E-state index in [-0.39, 0.29) is 5.97 Å². The highest BCUT2D eigenvalue weighted by atomic mass is 16.5. The first-order valence-corrected chi connectivity index (χ1v) is 9.85. The molecule has 0 aliphatic rings. The van der Waals surface area contributed by atoms with Gasteiger partial charge in [0.25, 0.3) is 0 Å². The zero-order valence-corrected chi connectivity index (χ0v) is 16.6. The number of rotatable bonds is 8. The Bertz CT molecular complexity index is 906. The van der Waals surface area contributed by atoms with Crippen molar-refractivity contribution in [2.75, 3.05) is 6.61 Å². The van der Waals surface area contributed by atoms with E-state index in [2.05, 4.69) is 0 Å². The molecule has 0 bridgehead atoms. The number of hydrogen-bond acceptors (Lipinski definition) is 3. The first-order valence-electron chi connectivity index (χ1n) is 9.85. The van der Waals surface area contributed by atoms with Crippen molar-refractivity contribution in [1.82, 2.24) is 0 Å². The van der Waals surface area contributed by atoms with Gasteiger partial charge in [0.15, 0.2) is 6.04 Å². The first-order chi connectivity index (χ1) is 14.3. The number of nitrogens with zero attached hydrogens (tertiary/aromatic N) is 1. The minimum absolute atomic E-state index is 0.311. The minimum Gasteiger partial charge on any atom is -0.464 e. The van der Waals surface area contributed by atoms with E-state index in [1.807, 2.05) is 110 Å². The number of esters is 1. The van der Waals surface area contributed by atoms with Crippen LogP contribution in [0.1, 0.15) is 30.0 Å². The Morgan fingerprint density at radius 3 is 1.90 bits per heavy atom. The van der Waals surface area contributed by atoms with Crippen LogP contribution in [0.2, 0.25) is 0 Å². The van der Waals surface area contributed by atoms with Gasteiger partial charge in [-0.15, -0.1) is 0 Å². The van der Waals surface area contributed by atoms with Crippen molar-refractivity contribution in [1.29, 1.82) is 0 Å². The van der Waals surface area contributed by atoms with Crippen molar-refractivity contribution >= 4 is 17.8 Å². The van der Waals surface area contributed by atoms with Crippen LogP contribution < -0.4 is 0 Å². The summed E-state index contributed by atoms with van der Waals surface area (Å²) in [5, 5.41) is 0. The molecular weight excluding hydrogens is 358 g/mol. The number of ether oxygens (including phenoxy) is 1. The largest absolute Gasteiger partial charge is 0.464 e. The number of carbonyl (C=O) groups is 1. The second-order valence-corrected chi connectivity index (χ2v) is 6.53. The minimum atomic E-state index is -0.606. The second-order valence-electron chi connectivity index (χ2n) is 6.53. The number of aliphatic imine (C=N–C) groups is 1. The third-order valence-electron chi connectivity index (χ3n) is 4.41. The average molecular weight is 383 g/mol. The van der Waals surface area contributed by atoms with Gasteiger partial charge in [-0.05, 0) is 18.9 Å². The maximum Gasteiger partial charge on any atom is 0.331 e. The molecule has 3 aromatic rings. The van der Waals surface area contributed by atoms with E-state index in [0.29, 0.717) is 13.0 Å². The molecule has 0 radical (unpaired) electrons. The van der Waals surface area contributed by atoms with E-state index < -0.39 is 6.04 Å². The molecule has 1 atom stereocenters. The number of carbonyl (C=O) groups excluding carboxylic acids is 1. The van der Waals surface area contributed by atoms with Gasteiger partial charge in [-0.1, -0.05) is 103 Å². The van der Waals surface area contributed by atoms with Gasteiger partial charge >= 0.3 is 5.97 Å². The van der Waals surface area contributed by atoms with E-state index in [1.165, 1.54) is 0 Å². The zero-order valence-electron chi connectivity index (χ0n) is 16.6. The highest BCUT2D eigenvalue weighted by Crippen LogP contribution is 2.15. The fourth-order valence-electron chi connectivity index (χ4n) is 3.00. The molecule has 0 amide bonds. The van der Waals surface area contributed by atoms with Gasteiger partial charge in [0.1, 0.15) is 0 Å². The molecule has 0 saturated carbocycles. The molecule has 3 heteroatoms. The molecule has 3 aromatic carbocycles. The summed E-state index contributed by atoms with van der Waals surface area (Å²) in [6, 6.07) is 29.3. The van der Waals surface area contributed by atoms with E-state index >= 15 is 0 Å². The maximum atomic E-state index is 12.6. The smallest absolute Gasteiger partial charge is 0.331 e. The van der Waals surface area contributed by atoms with E-state index in [0.717, 1.165) is 22.4 Å². The molecule has 146 valence electrons. The molecule has 3 rings (SSSR count). The predicted molar refractivity (Wildman–Crippen MR) is 119 cm³/mol. The average Bonchev–Trinajstić information content (AvgIpc) is 2.78. The molecular formula is C26H25NO2. The standard InChI is InChI=1S/C26H25NO2/c1-2-29-26(28)24(20-12-15-21-13-6-3-7-14-21)27-25(22-16-8-4-9-17-22)23-18-10-5-11-19-23/h3-19,24H,2,20H2,1H3/b15-12+. The van der Waals surface area contributed by atoms with Gasteiger partial charge in [0.2, 0.25) is 0 Å². The van der Waals surface area contributed by atoms with Crippen molar-refractivity contribution in [3.05, 3.63) is 114 Å². The first kappa shape index (κ1) is 20.3. The molecule has 0 aliphatic carbocycles. The van der Waals surface area contributed by atoms with E-state index in [4.69, 9.17) is 9.73 Å². The predicted octanol–water partition coefficient (Wildman–Crippen LogP) is 5.56. The van der Waals surface area contributed by atoms with Crippen LogP contribution in [0.3, 0.4) is 0 Å². The van der Waals surface area contributed by atoms with Gasteiger partial charge < -0.3 is 4.74 Å². The van der Waals surface area contributed by atoms with Crippen LogP contribution in [0.5, 0.6) is 0 Å². The van der Waals surface area contributed by atoms with E-state index in [1.54, 1.807) is 0 Å². The van der Waals surface area contributed by atoms with Crippen molar-refractivity contribution in [3.63, 3.8) is 0 Å². The number of benzene rings is 3. The van der Waals surface area contributed by atoms with Gasteiger partial charge in [-0.3, -0.25) is 4.99 Å². The monoisotopic (exact) mass is 383 g/mol.